The predicted octanol–water partition coefficient (Wildman–Crippen LogP) is 1.43. The summed E-state index contributed by atoms with van der Waals surface area (Å²) in [6, 6.07) is 0. The summed E-state index contributed by atoms with van der Waals surface area (Å²) in [5, 5.41) is 0. The third-order valence-electron chi connectivity index (χ3n) is 2.58. The van der Waals surface area contributed by atoms with Crippen LogP contribution in [0.5, 0.6) is 0 Å². The Morgan fingerprint density at radius 3 is 3.00 bits per heavy atom. The van der Waals surface area contributed by atoms with E-state index in [1.165, 1.54) is 0 Å². The summed E-state index contributed by atoms with van der Waals surface area (Å²) in [6.07, 6.45) is 1.65. The lowest BCUT2D eigenvalue weighted by Crippen LogP contribution is -2.41. The normalized spacial score (nSPS) is 34.2. The monoisotopic (exact) mass is 187 g/mol. The number of nitrogens with two attached hydrogens (primary N) is 1. The molecule has 0 aromatic rings. The molecule has 0 saturated carbocycles. The Kier molecular flexibility index (Phi) is 3.14. The quantitative estimate of drug-likeness (QED) is 0.711. The first-order valence-electron chi connectivity index (χ1n) is 4.66. The fraction of sp³-hybridized carbons (Fsp3) is 0.889. The first-order chi connectivity index (χ1) is 6.06. The Hall–Kier alpha value is -0.770. The van der Waals surface area contributed by atoms with Crippen molar-refractivity contribution in [2.75, 3.05) is 6.61 Å². The van der Waals surface area contributed by atoms with E-state index in [0.29, 0.717) is 6.61 Å². The molecule has 13 heavy (non-hydrogen) atoms. The molecule has 0 aliphatic carbocycles. The summed E-state index contributed by atoms with van der Waals surface area (Å²) >= 11 is 0. The fourth-order valence-electron chi connectivity index (χ4n) is 1.59. The molecule has 0 aromatic heterocycles. The van der Waals surface area contributed by atoms with Gasteiger partial charge >= 0.3 is 6.09 Å². The van der Waals surface area contributed by atoms with Crippen LogP contribution >= 0.6 is 0 Å². The van der Waals surface area contributed by atoms with Gasteiger partial charge < -0.3 is 15.2 Å². The Morgan fingerprint density at radius 1 is 1.77 bits per heavy atom. The van der Waals surface area contributed by atoms with E-state index < -0.39 is 6.09 Å². The van der Waals surface area contributed by atoms with Crippen molar-refractivity contribution in [3.05, 3.63) is 0 Å². The lowest BCUT2D eigenvalue weighted by atomic mass is 9.91. The lowest BCUT2D eigenvalue weighted by molar-refractivity contribution is -0.109. The van der Waals surface area contributed by atoms with Gasteiger partial charge in [0, 0.05) is 12.8 Å². The number of hydrogen-bond acceptors (Lipinski definition) is 3. The van der Waals surface area contributed by atoms with Gasteiger partial charge in [-0.25, -0.2) is 4.79 Å². The maximum atomic E-state index is 10.5. The van der Waals surface area contributed by atoms with E-state index in [-0.39, 0.29) is 11.7 Å². The van der Waals surface area contributed by atoms with Crippen molar-refractivity contribution in [1.82, 2.24) is 0 Å². The van der Waals surface area contributed by atoms with Crippen molar-refractivity contribution in [3.8, 4) is 0 Å². The van der Waals surface area contributed by atoms with Crippen molar-refractivity contribution < 1.29 is 14.3 Å². The van der Waals surface area contributed by atoms with Crippen molar-refractivity contribution in [2.45, 2.75) is 44.8 Å². The van der Waals surface area contributed by atoms with Crippen LogP contribution in [0.3, 0.4) is 0 Å². The van der Waals surface area contributed by atoms with Crippen LogP contribution in [0.25, 0.3) is 0 Å². The van der Waals surface area contributed by atoms with Gasteiger partial charge in [-0.2, -0.15) is 0 Å². The second kappa shape index (κ2) is 3.96. The van der Waals surface area contributed by atoms with E-state index in [9.17, 15) is 4.79 Å². The van der Waals surface area contributed by atoms with Crippen LogP contribution in [0.4, 0.5) is 4.79 Å². The first-order valence-corrected chi connectivity index (χ1v) is 4.66. The third-order valence-corrected chi connectivity index (χ3v) is 2.58. The Morgan fingerprint density at radius 2 is 2.46 bits per heavy atom. The second-order valence-electron chi connectivity index (χ2n) is 3.70. The molecule has 1 rings (SSSR count). The van der Waals surface area contributed by atoms with Crippen molar-refractivity contribution in [1.29, 1.82) is 0 Å². The van der Waals surface area contributed by atoms with Gasteiger partial charge in [0.1, 0.15) is 6.10 Å². The van der Waals surface area contributed by atoms with E-state index in [1.54, 1.807) is 0 Å². The molecule has 1 aliphatic heterocycles. The molecule has 0 spiro atoms. The SMILES string of the molecule is CCC1(C)CC(OC(N)=O)CCO1. The topological polar surface area (TPSA) is 61.5 Å². The minimum atomic E-state index is -0.689. The third kappa shape index (κ3) is 2.88. The van der Waals surface area contributed by atoms with Gasteiger partial charge in [0.05, 0.1) is 12.2 Å². The first kappa shape index (κ1) is 10.3. The molecule has 1 heterocycles. The average molecular weight is 187 g/mol. The number of rotatable bonds is 2. The predicted molar refractivity (Wildman–Crippen MR) is 48.3 cm³/mol. The second-order valence-corrected chi connectivity index (χ2v) is 3.70. The molecule has 2 N–H and O–H groups in total. The number of amides is 1. The smallest absolute Gasteiger partial charge is 0.404 e. The standard InChI is InChI=1S/C9H17NO3/c1-3-9(2)6-7(4-5-12-9)13-8(10)11/h7H,3-6H2,1-2H3,(H2,10,11). The van der Waals surface area contributed by atoms with E-state index in [2.05, 4.69) is 6.92 Å². The van der Waals surface area contributed by atoms with Crippen LogP contribution in [0.2, 0.25) is 0 Å². The molecular weight excluding hydrogens is 170 g/mol. The summed E-state index contributed by atoms with van der Waals surface area (Å²) in [7, 11) is 0. The Bertz CT molecular complexity index is 195. The zero-order chi connectivity index (χ0) is 9.90. The minimum Gasteiger partial charge on any atom is -0.446 e. The Balaban J connectivity index is 2.46. The van der Waals surface area contributed by atoms with Crippen LogP contribution in [-0.4, -0.2) is 24.4 Å². The molecule has 2 unspecified atom stereocenters. The van der Waals surface area contributed by atoms with Gasteiger partial charge in [-0.3, -0.25) is 0 Å². The van der Waals surface area contributed by atoms with Gasteiger partial charge in [0.2, 0.25) is 0 Å². The molecule has 1 saturated heterocycles. The molecule has 0 aromatic carbocycles. The summed E-state index contributed by atoms with van der Waals surface area (Å²) in [6.45, 7) is 4.73. The number of carbonyl (C=O) groups is 1. The maximum absolute atomic E-state index is 10.5. The number of hydrogen-bond donors (Lipinski definition) is 1. The minimum absolute atomic E-state index is 0.0730. The highest BCUT2D eigenvalue weighted by molar-refractivity contribution is 5.64. The summed E-state index contributed by atoms with van der Waals surface area (Å²) in [4.78, 5) is 10.5. The summed E-state index contributed by atoms with van der Waals surface area (Å²) in [5.41, 5.74) is 4.80. The number of carbonyl (C=O) groups excluding carboxylic acids is 1. The molecule has 0 radical (unpaired) electrons. The van der Waals surface area contributed by atoms with Crippen LogP contribution in [-0.2, 0) is 9.47 Å². The van der Waals surface area contributed by atoms with Gasteiger partial charge in [-0.05, 0) is 13.3 Å². The highest BCUT2D eigenvalue weighted by Gasteiger charge is 2.33. The number of ether oxygens (including phenoxy) is 2. The summed E-state index contributed by atoms with van der Waals surface area (Å²) in [5.74, 6) is 0. The molecule has 4 heteroatoms. The van der Waals surface area contributed by atoms with Crippen molar-refractivity contribution >= 4 is 6.09 Å². The van der Waals surface area contributed by atoms with E-state index >= 15 is 0 Å². The average Bonchev–Trinajstić information content (AvgIpc) is 2.03. The van der Waals surface area contributed by atoms with Crippen LogP contribution in [0.1, 0.15) is 33.1 Å². The molecule has 2 atom stereocenters. The highest BCUT2D eigenvalue weighted by Crippen LogP contribution is 2.29. The zero-order valence-corrected chi connectivity index (χ0v) is 8.21. The lowest BCUT2D eigenvalue weighted by Gasteiger charge is -2.36. The van der Waals surface area contributed by atoms with Crippen molar-refractivity contribution in [3.63, 3.8) is 0 Å². The van der Waals surface area contributed by atoms with Gasteiger partial charge in [0.25, 0.3) is 0 Å². The van der Waals surface area contributed by atoms with Gasteiger partial charge in [0.15, 0.2) is 0 Å². The van der Waals surface area contributed by atoms with Gasteiger partial charge in [-0.1, -0.05) is 6.92 Å². The zero-order valence-electron chi connectivity index (χ0n) is 8.21. The van der Waals surface area contributed by atoms with Crippen LogP contribution in [0, 0.1) is 0 Å². The van der Waals surface area contributed by atoms with Gasteiger partial charge in [-0.15, -0.1) is 0 Å². The fourth-order valence-corrected chi connectivity index (χ4v) is 1.59. The Labute approximate surface area is 78.4 Å². The van der Waals surface area contributed by atoms with Crippen LogP contribution in [0.15, 0.2) is 0 Å². The number of primary amides is 1. The van der Waals surface area contributed by atoms with E-state index in [1.807, 2.05) is 6.92 Å². The van der Waals surface area contributed by atoms with E-state index in [0.717, 1.165) is 19.3 Å². The molecule has 1 amide bonds. The highest BCUT2D eigenvalue weighted by atomic mass is 16.6. The van der Waals surface area contributed by atoms with Crippen LogP contribution < -0.4 is 5.73 Å². The molecule has 76 valence electrons. The van der Waals surface area contributed by atoms with E-state index in [4.69, 9.17) is 15.2 Å². The molecule has 0 bridgehead atoms. The maximum Gasteiger partial charge on any atom is 0.404 e. The summed E-state index contributed by atoms with van der Waals surface area (Å²) < 4.78 is 10.5. The molecular formula is C9H17NO3. The largest absolute Gasteiger partial charge is 0.446 e. The molecule has 1 fully saturated rings. The molecule has 1 aliphatic rings. The van der Waals surface area contributed by atoms with Crippen molar-refractivity contribution in [2.24, 2.45) is 5.73 Å². The molecule has 4 nitrogen and oxygen atoms in total.